The van der Waals surface area contributed by atoms with Crippen LogP contribution in [0.1, 0.15) is 11.6 Å². The number of carbonyl (C=O) groups is 1. The van der Waals surface area contributed by atoms with Crippen molar-refractivity contribution in [1.29, 1.82) is 0 Å². The van der Waals surface area contributed by atoms with Crippen LogP contribution in [0.3, 0.4) is 0 Å². The van der Waals surface area contributed by atoms with Gasteiger partial charge in [0.2, 0.25) is 0 Å². The number of aliphatic carboxylic acids is 1. The molecule has 0 spiro atoms. The van der Waals surface area contributed by atoms with E-state index in [1.807, 2.05) is 0 Å². The summed E-state index contributed by atoms with van der Waals surface area (Å²) in [5.41, 5.74) is 1.80. The van der Waals surface area contributed by atoms with Crippen LogP contribution in [-0.4, -0.2) is 35.2 Å². The smallest absolute Gasteiger partial charge is 0.417 e. The van der Waals surface area contributed by atoms with Gasteiger partial charge in [-0.2, -0.15) is 0 Å². The predicted molar refractivity (Wildman–Crippen MR) is 67.0 cm³/mol. The van der Waals surface area contributed by atoms with Gasteiger partial charge in [0.15, 0.2) is 5.58 Å². The molecule has 100 valence electrons. The maximum atomic E-state index is 11.2. The highest BCUT2D eigenvalue weighted by Gasteiger charge is 2.31. The summed E-state index contributed by atoms with van der Waals surface area (Å²) < 4.78 is 4.99. The molecule has 0 amide bonds. The number of oxazole rings is 1. The van der Waals surface area contributed by atoms with Crippen LogP contribution in [0.4, 0.5) is 0 Å². The minimum absolute atomic E-state index is 0.351. The second-order valence-electron chi connectivity index (χ2n) is 4.47. The first kappa shape index (κ1) is 11.9. The Kier molecular flexibility index (Phi) is 2.84. The summed E-state index contributed by atoms with van der Waals surface area (Å²) in [6.45, 7) is 1.29. The van der Waals surface area contributed by atoms with Gasteiger partial charge in [-0.05, 0) is 17.7 Å². The van der Waals surface area contributed by atoms with Gasteiger partial charge in [0.1, 0.15) is 6.04 Å². The number of hydrogen-bond donors (Lipinski definition) is 4. The summed E-state index contributed by atoms with van der Waals surface area (Å²) in [6.07, 6.45) is 0. The van der Waals surface area contributed by atoms with Crippen LogP contribution in [0.25, 0.3) is 11.1 Å². The Labute approximate surface area is 107 Å². The highest BCUT2D eigenvalue weighted by atomic mass is 16.4. The lowest BCUT2D eigenvalue weighted by molar-refractivity contribution is -0.140. The number of hydrogen-bond acceptors (Lipinski definition) is 5. The average Bonchev–Trinajstić information content (AvgIpc) is 2.77. The Bertz CT molecular complexity index is 675. The number of nitrogens with one attached hydrogen (secondary N) is 3. The zero-order valence-corrected chi connectivity index (χ0v) is 9.97. The molecule has 1 aromatic heterocycles. The van der Waals surface area contributed by atoms with E-state index in [9.17, 15) is 14.7 Å². The lowest BCUT2D eigenvalue weighted by Crippen LogP contribution is -2.54. The zero-order valence-electron chi connectivity index (χ0n) is 9.97. The Morgan fingerprint density at radius 3 is 2.89 bits per heavy atom. The first-order valence-corrected chi connectivity index (χ1v) is 5.97. The number of piperazine rings is 1. The molecule has 1 aliphatic rings. The highest BCUT2D eigenvalue weighted by Crippen LogP contribution is 2.22. The predicted octanol–water partition coefficient (Wildman–Crippen LogP) is -0.192. The van der Waals surface area contributed by atoms with Gasteiger partial charge >= 0.3 is 11.7 Å². The average molecular weight is 263 g/mol. The number of aromatic nitrogens is 1. The first-order valence-electron chi connectivity index (χ1n) is 5.97. The van der Waals surface area contributed by atoms with Crippen LogP contribution in [-0.2, 0) is 4.79 Å². The molecule has 1 fully saturated rings. The lowest BCUT2D eigenvalue weighted by atomic mass is 9.97. The third-order valence-corrected chi connectivity index (χ3v) is 3.26. The van der Waals surface area contributed by atoms with E-state index in [4.69, 9.17) is 4.42 Å². The molecule has 4 N–H and O–H groups in total. The molecule has 2 atom stereocenters. The van der Waals surface area contributed by atoms with Gasteiger partial charge < -0.3 is 20.2 Å². The fourth-order valence-electron chi connectivity index (χ4n) is 2.39. The minimum atomic E-state index is -0.909. The molecule has 1 saturated heterocycles. The number of rotatable bonds is 2. The number of carboxylic acids is 1. The fourth-order valence-corrected chi connectivity index (χ4v) is 2.39. The van der Waals surface area contributed by atoms with Gasteiger partial charge in [-0.1, -0.05) is 6.07 Å². The molecule has 0 saturated carbocycles. The van der Waals surface area contributed by atoms with Crippen molar-refractivity contribution in [1.82, 2.24) is 15.6 Å². The van der Waals surface area contributed by atoms with Gasteiger partial charge in [0.05, 0.1) is 11.6 Å². The lowest BCUT2D eigenvalue weighted by Gasteiger charge is -2.31. The standard InChI is InChI=1S/C12H13N3O4/c16-11(17)10-9(13-3-4-14-10)6-1-2-7-8(5-6)19-12(18)15-7/h1-2,5,9-10,13-14H,3-4H2,(H,15,18)(H,16,17). The number of H-pyrrole nitrogens is 1. The highest BCUT2D eigenvalue weighted by molar-refractivity contribution is 5.77. The molecule has 7 nitrogen and oxygen atoms in total. The molecule has 2 unspecified atom stereocenters. The summed E-state index contributed by atoms with van der Waals surface area (Å²) >= 11 is 0. The Morgan fingerprint density at radius 1 is 1.32 bits per heavy atom. The normalized spacial score (nSPS) is 23.6. The Hall–Kier alpha value is -2.12. The number of aromatic amines is 1. The van der Waals surface area contributed by atoms with Crippen LogP contribution in [0.5, 0.6) is 0 Å². The first-order chi connectivity index (χ1) is 9.15. The van der Waals surface area contributed by atoms with Crippen LogP contribution in [0.15, 0.2) is 27.4 Å². The van der Waals surface area contributed by atoms with E-state index in [0.29, 0.717) is 24.2 Å². The largest absolute Gasteiger partial charge is 0.480 e. The van der Waals surface area contributed by atoms with Crippen molar-refractivity contribution in [2.75, 3.05) is 13.1 Å². The molecule has 7 heteroatoms. The summed E-state index contributed by atoms with van der Waals surface area (Å²) in [7, 11) is 0. The molecule has 1 aromatic carbocycles. The van der Waals surface area contributed by atoms with Crippen molar-refractivity contribution >= 4 is 17.1 Å². The molecule has 2 heterocycles. The van der Waals surface area contributed by atoms with Gasteiger partial charge in [-0.3, -0.25) is 9.78 Å². The summed E-state index contributed by atoms with van der Waals surface area (Å²) in [5, 5.41) is 15.3. The molecular formula is C12H13N3O4. The van der Waals surface area contributed by atoms with E-state index in [1.54, 1.807) is 18.2 Å². The van der Waals surface area contributed by atoms with E-state index >= 15 is 0 Å². The monoisotopic (exact) mass is 263 g/mol. The molecule has 1 aliphatic heterocycles. The maximum absolute atomic E-state index is 11.2. The van der Waals surface area contributed by atoms with E-state index in [1.165, 1.54) is 0 Å². The molecule has 2 aromatic rings. The van der Waals surface area contributed by atoms with Crippen molar-refractivity contribution in [3.8, 4) is 0 Å². The van der Waals surface area contributed by atoms with Gasteiger partial charge in [-0.25, -0.2) is 4.79 Å². The summed E-state index contributed by atoms with van der Waals surface area (Å²) in [5.74, 6) is -1.43. The molecule has 0 radical (unpaired) electrons. The van der Waals surface area contributed by atoms with Crippen LogP contribution in [0, 0.1) is 0 Å². The fraction of sp³-hybridized carbons (Fsp3) is 0.333. The molecule has 0 bridgehead atoms. The second kappa shape index (κ2) is 4.52. The zero-order chi connectivity index (χ0) is 13.4. The number of benzene rings is 1. The van der Waals surface area contributed by atoms with Gasteiger partial charge in [-0.15, -0.1) is 0 Å². The second-order valence-corrected chi connectivity index (χ2v) is 4.47. The van der Waals surface area contributed by atoms with Gasteiger partial charge in [0, 0.05) is 13.1 Å². The van der Waals surface area contributed by atoms with E-state index in [-0.39, 0.29) is 6.04 Å². The molecule has 0 aliphatic carbocycles. The molecular weight excluding hydrogens is 250 g/mol. The minimum Gasteiger partial charge on any atom is -0.480 e. The SMILES string of the molecule is O=C(O)C1NCCNC1c1ccc2[nH]c(=O)oc2c1. The van der Waals surface area contributed by atoms with Crippen LogP contribution in [0.2, 0.25) is 0 Å². The number of fused-ring (bicyclic) bond motifs is 1. The molecule has 3 rings (SSSR count). The van der Waals surface area contributed by atoms with E-state index < -0.39 is 17.8 Å². The quantitative estimate of drug-likeness (QED) is 0.598. The van der Waals surface area contributed by atoms with Crippen LogP contribution >= 0.6 is 0 Å². The van der Waals surface area contributed by atoms with Crippen LogP contribution < -0.4 is 16.4 Å². The van der Waals surface area contributed by atoms with Crippen molar-refractivity contribution in [3.63, 3.8) is 0 Å². The summed E-state index contributed by atoms with van der Waals surface area (Å²) in [6, 6.07) is 4.14. The van der Waals surface area contributed by atoms with Gasteiger partial charge in [0.25, 0.3) is 0 Å². The van der Waals surface area contributed by atoms with Crippen molar-refractivity contribution in [3.05, 3.63) is 34.3 Å². The van der Waals surface area contributed by atoms with Crippen molar-refractivity contribution < 1.29 is 14.3 Å². The van der Waals surface area contributed by atoms with Crippen molar-refractivity contribution in [2.24, 2.45) is 0 Å². The molecule has 19 heavy (non-hydrogen) atoms. The van der Waals surface area contributed by atoms with E-state index in [0.717, 1.165) is 5.56 Å². The Balaban J connectivity index is 2.01. The van der Waals surface area contributed by atoms with E-state index in [2.05, 4.69) is 15.6 Å². The topological polar surface area (TPSA) is 107 Å². The number of carboxylic acid groups (broad SMARTS) is 1. The third-order valence-electron chi connectivity index (χ3n) is 3.26. The third kappa shape index (κ3) is 2.13. The summed E-state index contributed by atoms with van der Waals surface area (Å²) in [4.78, 5) is 24.9. The Morgan fingerprint density at radius 2 is 2.11 bits per heavy atom. The van der Waals surface area contributed by atoms with Crippen molar-refractivity contribution in [2.45, 2.75) is 12.1 Å². The maximum Gasteiger partial charge on any atom is 0.417 e.